The number of nitrogens with two attached hydrogens (primary N) is 1. The van der Waals surface area contributed by atoms with Gasteiger partial charge in [0.2, 0.25) is 41.4 Å². The van der Waals surface area contributed by atoms with Crippen molar-refractivity contribution in [3.8, 4) is 11.5 Å². The normalized spacial score (nSPS) is 14.1. The van der Waals surface area contributed by atoms with E-state index in [-0.39, 0.29) is 48.0 Å². The molecule has 0 aliphatic carbocycles. The number of carbonyl (C=O) groups is 11. The molecular formula is C52H69N8O20PS. The van der Waals surface area contributed by atoms with Crippen LogP contribution in [-0.4, -0.2) is 161 Å². The molecule has 82 heavy (non-hydrogen) atoms. The number of thioether (sulfide) groups is 1. The van der Waals surface area contributed by atoms with Crippen molar-refractivity contribution in [3.63, 3.8) is 0 Å². The van der Waals surface area contributed by atoms with E-state index in [2.05, 4.69) is 41.7 Å². The Balaban J connectivity index is 2.06. The Labute approximate surface area is 474 Å². The highest BCUT2D eigenvalue weighted by atomic mass is 32.2. The number of amides is 7. The van der Waals surface area contributed by atoms with Crippen LogP contribution >= 0.6 is 19.6 Å². The summed E-state index contributed by atoms with van der Waals surface area (Å²) in [7, 11) is -5.03. The molecule has 0 saturated heterocycles. The molecule has 0 heterocycles. The number of rotatable bonds is 36. The summed E-state index contributed by atoms with van der Waals surface area (Å²) < 4.78 is 16.2. The number of phenolic OH excluding ortho intramolecular Hbond substituents is 1. The molecule has 448 valence electrons. The lowest BCUT2D eigenvalue weighted by Crippen LogP contribution is -2.61. The van der Waals surface area contributed by atoms with Gasteiger partial charge in [-0.1, -0.05) is 68.4 Å². The van der Waals surface area contributed by atoms with Crippen molar-refractivity contribution in [2.24, 2.45) is 11.7 Å². The summed E-state index contributed by atoms with van der Waals surface area (Å²) in [6.07, 6.45) is -2.82. The second-order valence-corrected chi connectivity index (χ2v) is 21.4. The largest absolute Gasteiger partial charge is 0.524 e. The summed E-state index contributed by atoms with van der Waals surface area (Å²) in [6, 6.07) is 5.29. The van der Waals surface area contributed by atoms with Crippen LogP contribution in [0, 0.1) is 5.92 Å². The van der Waals surface area contributed by atoms with Crippen LogP contribution in [0.3, 0.4) is 0 Å². The van der Waals surface area contributed by atoms with E-state index in [9.17, 15) is 87.5 Å². The third-order valence-electron chi connectivity index (χ3n) is 12.0. The lowest BCUT2D eigenvalue weighted by molar-refractivity contribution is -0.144. The molecule has 0 aliphatic rings. The minimum atomic E-state index is -5.03. The van der Waals surface area contributed by atoms with Crippen molar-refractivity contribution >= 4 is 84.8 Å². The molecule has 0 saturated carbocycles. The number of phosphoric acid groups is 1. The molecule has 0 fully saturated rings. The van der Waals surface area contributed by atoms with Crippen LogP contribution in [0.5, 0.6) is 11.5 Å². The highest BCUT2D eigenvalue weighted by molar-refractivity contribution is 7.98. The number of hydrogen-bond donors (Lipinski definition) is 15. The number of phenols is 1. The first-order valence-electron chi connectivity index (χ1n) is 25.4. The molecule has 0 aromatic heterocycles. The zero-order valence-electron chi connectivity index (χ0n) is 44.9. The molecule has 0 aliphatic heterocycles. The molecule has 3 aromatic carbocycles. The first-order valence-corrected chi connectivity index (χ1v) is 28.4. The van der Waals surface area contributed by atoms with Gasteiger partial charge in [-0.2, -0.15) is 11.8 Å². The van der Waals surface area contributed by atoms with Gasteiger partial charge in [-0.15, -0.1) is 0 Å². The van der Waals surface area contributed by atoms with Gasteiger partial charge >= 0.3 is 31.7 Å². The maximum atomic E-state index is 14.6. The summed E-state index contributed by atoms with van der Waals surface area (Å²) in [4.78, 5) is 164. The third kappa shape index (κ3) is 25.6. The number of aliphatic carboxylic acids is 4. The van der Waals surface area contributed by atoms with E-state index in [0.29, 0.717) is 11.1 Å². The molecule has 0 bridgehead atoms. The van der Waals surface area contributed by atoms with Gasteiger partial charge in [0, 0.05) is 32.1 Å². The summed E-state index contributed by atoms with van der Waals surface area (Å²) in [5.41, 5.74) is 7.06. The number of nitrogens with one attached hydrogen (secondary N) is 7. The molecule has 0 unspecified atom stereocenters. The smallest absolute Gasteiger partial charge is 0.508 e. The van der Waals surface area contributed by atoms with Crippen LogP contribution in [0.1, 0.15) is 75.5 Å². The fourth-order valence-electron chi connectivity index (χ4n) is 7.88. The number of hydrogen-bond acceptors (Lipinski definition) is 16. The van der Waals surface area contributed by atoms with Gasteiger partial charge in [-0.25, -0.2) is 9.36 Å². The Morgan fingerprint density at radius 1 is 0.512 bits per heavy atom. The van der Waals surface area contributed by atoms with Crippen molar-refractivity contribution in [3.05, 3.63) is 95.6 Å². The van der Waals surface area contributed by atoms with Crippen LogP contribution < -0.4 is 47.5 Å². The van der Waals surface area contributed by atoms with Crippen molar-refractivity contribution in [1.29, 1.82) is 0 Å². The maximum Gasteiger partial charge on any atom is 0.524 e. The zero-order chi connectivity index (χ0) is 61.3. The number of carboxylic acid groups (broad SMARTS) is 4. The van der Waals surface area contributed by atoms with Crippen molar-refractivity contribution in [2.75, 3.05) is 12.0 Å². The Hall–Kier alpha value is -8.11. The van der Waals surface area contributed by atoms with E-state index >= 15 is 0 Å². The Morgan fingerprint density at radius 3 is 1.32 bits per heavy atom. The Bertz CT molecular complexity index is 2750. The molecule has 8 atom stereocenters. The zero-order valence-corrected chi connectivity index (χ0v) is 46.6. The quantitative estimate of drug-likeness (QED) is 0.0332. The fraction of sp³-hybridized carbons (Fsp3) is 0.442. The summed E-state index contributed by atoms with van der Waals surface area (Å²) in [6.45, 7) is 3.61. The SMILES string of the molecule is CSCC[C@H](NC(=O)[C@H](Cc1ccc(OP(=O)(O)O)cc1)NC(=O)[C@H](Cc1ccccc1)NC(=O)[C@H](CCC(=O)O)NC(=O)[C@@H](N)CC(C)C)C(=O)N[C@@H](CC(=O)O)C(=O)N[C@@H](Cc1ccc(O)cc1)C(=O)N[C@@H](CCC(=O)O)C(=O)O. The molecule has 7 amide bonds. The molecular weight excluding hydrogens is 1120 g/mol. The van der Waals surface area contributed by atoms with E-state index < -0.39 is 166 Å². The van der Waals surface area contributed by atoms with Gasteiger partial charge in [-0.3, -0.25) is 57.7 Å². The summed E-state index contributed by atoms with van der Waals surface area (Å²) in [5.74, 6) is -13.8. The molecule has 0 spiro atoms. The highest BCUT2D eigenvalue weighted by Crippen LogP contribution is 2.37. The average molecular weight is 1190 g/mol. The molecule has 30 heteroatoms. The fourth-order valence-corrected chi connectivity index (χ4v) is 8.75. The number of carbonyl (C=O) groups excluding carboxylic acids is 7. The van der Waals surface area contributed by atoms with E-state index in [1.807, 2.05) is 0 Å². The minimum Gasteiger partial charge on any atom is -0.508 e. The van der Waals surface area contributed by atoms with Crippen LogP contribution in [0.2, 0.25) is 0 Å². The average Bonchev–Trinajstić information content (AvgIpc) is 3.46. The van der Waals surface area contributed by atoms with E-state index in [1.165, 1.54) is 48.2 Å². The number of phosphoric ester groups is 1. The first kappa shape index (κ1) is 68.2. The van der Waals surface area contributed by atoms with Gasteiger partial charge in [-0.05, 0) is 84.6 Å². The van der Waals surface area contributed by atoms with Gasteiger partial charge in [0.25, 0.3) is 0 Å². The maximum absolute atomic E-state index is 14.6. The number of benzene rings is 3. The molecule has 16 N–H and O–H groups in total. The second kappa shape index (κ2) is 33.6. The van der Waals surface area contributed by atoms with Crippen LogP contribution in [0.25, 0.3) is 0 Å². The van der Waals surface area contributed by atoms with Gasteiger partial charge in [0.15, 0.2) is 0 Å². The van der Waals surface area contributed by atoms with Gasteiger partial charge < -0.3 is 73.0 Å². The molecule has 28 nitrogen and oxygen atoms in total. The number of aromatic hydroxyl groups is 1. The Morgan fingerprint density at radius 2 is 0.890 bits per heavy atom. The molecule has 0 radical (unpaired) electrons. The van der Waals surface area contributed by atoms with E-state index in [4.69, 9.17) is 10.8 Å². The summed E-state index contributed by atoms with van der Waals surface area (Å²) >= 11 is 1.20. The lowest BCUT2D eigenvalue weighted by Gasteiger charge is -2.28. The van der Waals surface area contributed by atoms with Crippen molar-refractivity contribution < 1.29 is 97.1 Å². The predicted molar refractivity (Wildman–Crippen MR) is 292 cm³/mol. The van der Waals surface area contributed by atoms with Crippen LogP contribution in [0.4, 0.5) is 0 Å². The Kier molecular flexibility index (Phi) is 27.9. The third-order valence-corrected chi connectivity index (χ3v) is 13.1. The molecule has 3 rings (SSSR count). The topological polar surface area (TPSA) is 466 Å². The second-order valence-electron chi connectivity index (χ2n) is 19.2. The standard InChI is InChI=1S/C52H69N8O20PS/c1-28(2)23-34(53)45(68)54-35(17-19-42(62)63)46(69)57-38(24-29-7-5-4-6-8-29)50(73)58-39(26-31-11-15-33(16-12-31)80-81(77,78)79)48(71)55-36(21-22-82-3)47(70)60-41(27-44(66)67)51(74)59-40(25-30-9-13-32(61)14-10-30)49(72)56-37(52(75)76)18-20-43(64)65/h4-16,28,34-41,61H,17-27,53H2,1-3H3,(H,54,68)(H,55,71)(H,56,72)(H,57,69)(H,58,73)(H,59,74)(H,60,70)(H,62,63)(H,64,65)(H,66,67)(H,75,76)(H2,77,78,79)/t34-,35-,36-,37-,38-,39-,40-,41-/m0/s1. The molecule has 3 aromatic rings. The van der Waals surface area contributed by atoms with Gasteiger partial charge in [0.1, 0.15) is 53.8 Å². The van der Waals surface area contributed by atoms with E-state index in [0.717, 1.165) is 12.1 Å². The lowest BCUT2D eigenvalue weighted by atomic mass is 10.0. The van der Waals surface area contributed by atoms with Crippen molar-refractivity contribution in [2.45, 2.75) is 126 Å². The van der Waals surface area contributed by atoms with Crippen LogP contribution in [0.15, 0.2) is 78.9 Å². The summed E-state index contributed by atoms with van der Waals surface area (Å²) in [5, 5.41) is 64.9. The minimum absolute atomic E-state index is 0.0370. The predicted octanol–water partition coefficient (Wildman–Crippen LogP) is -0.299. The highest BCUT2D eigenvalue weighted by Gasteiger charge is 2.36. The van der Waals surface area contributed by atoms with Crippen LogP contribution in [-0.2, 0) is 76.6 Å². The van der Waals surface area contributed by atoms with Crippen molar-refractivity contribution in [1.82, 2.24) is 37.2 Å². The van der Waals surface area contributed by atoms with Gasteiger partial charge in [0.05, 0.1) is 12.5 Å². The van der Waals surface area contributed by atoms with E-state index in [1.54, 1.807) is 50.4 Å². The number of carboxylic acids is 4. The first-order chi connectivity index (χ1) is 38.5. The monoisotopic (exact) mass is 1190 g/mol.